The zero-order valence-electron chi connectivity index (χ0n) is 11.9. The molecule has 23 heavy (non-hydrogen) atoms. The van der Waals surface area contributed by atoms with Crippen molar-refractivity contribution < 1.29 is 13.2 Å². The molecule has 0 saturated carbocycles. The number of alkyl halides is 4. The van der Waals surface area contributed by atoms with Gasteiger partial charge >= 0.3 is 6.18 Å². The van der Waals surface area contributed by atoms with Crippen LogP contribution in [0.2, 0.25) is 0 Å². The summed E-state index contributed by atoms with van der Waals surface area (Å²) in [7, 11) is 0. The minimum atomic E-state index is -4.33. The van der Waals surface area contributed by atoms with Crippen LogP contribution in [-0.4, -0.2) is 9.78 Å². The molecule has 0 unspecified atom stereocenters. The normalized spacial score (nSPS) is 11.7. The molecule has 0 atom stereocenters. The van der Waals surface area contributed by atoms with Crippen LogP contribution >= 0.6 is 15.9 Å². The van der Waals surface area contributed by atoms with Gasteiger partial charge in [-0.25, -0.2) is 4.68 Å². The lowest BCUT2D eigenvalue weighted by Gasteiger charge is -2.07. The molecule has 0 bridgehead atoms. The van der Waals surface area contributed by atoms with Gasteiger partial charge in [0.1, 0.15) is 0 Å². The summed E-state index contributed by atoms with van der Waals surface area (Å²) in [6.07, 6.45) is -2.51. The summed E-state index contributed by atoms with van der Waals surface area (Å²) in [5.74, 6) is 0. The standard InChI is InChI=1S/C17H12BrF3N2/c18-10-16-15(12-4-2-1-3-5-12)11-23(22-16)14-8-6-13(7-9-14)17(19,20)21/h1-9,11H,10H2. The highest BCUT2D eigenvalue weighted by molar-refractivity contribution is 9.08. The van der Waals surface area contributed by atoms with E-state index in [2.05, 4.69) is 21.0 Å². The summed E-state index contributed by atoms with van der Waals surface area (Å²) in [5.41, 5.74) is 2.71. The molecule has 2 aromatic carbocycles. The van der Waals surface area contributed by atoms with Gasteiger partial charge in [-0.3, -0.25) is 0 Å². The molecule has 3 rings (SSSR count). The molecule has 0 amide bonds. The molecule has 0 aliphatic heterocycles. The fourth-order valence-corrected chi connectivity index (χ4v) is 2.72. The van der Waals surface area contributed by atoms with E-state index in [1.807, 2.05) is 36.5 Å². The third-order valence-corrected chi connectivity index (χ3v) is 3.99. The summed E-state index contributed by atoms with van der Waals surface area (Å²) in [5, 5.41) is 5.02. The van der Waals surface area contributed by atoms with Crippen molar-refractivity contribution in [1.29, 1.82) is 0 Å². The second kappa shape index (κ2) is 6.20. The van der Waals surface area contributed by atoms with Crippen molar-refractivity contribution >= 4 is 15.9 Å². The van der Waals surface area contributed by atoms with Crippen LogP contribution in [0.1, 0.15) is 11.3 Å². The topological polar surface area (TPSA) is 17.8 Å². The molecule has 1 heterocycles. The van der Waals surface area contributed by atoms with E-state index in [0.29, 0.717) is 11.0 Å². The fourth-order valence-electron chi connectivity index (χ4n) is 2.30. The number of rotatable bonds is 3. The van der Waals surface area contributed by atoms with Crippen LogP contribution in [0.25, 0.3) is 16.8 Å². The molecule has 0 saturated heterocycles. The molecule has 118 valence electrons. The summed E-state index contributed by atoms with van der Waals surface area (Å²) in [6.45, 7) is 0. The van der Waals surface area contributed by atoms with Gasteiger partial charge < -0.3 is 0 Å². The average Bonchev–Trinajstić information content (AvgIpc) is 2.99. The lowest BCUT2D eigenvalue weighted by Crippen LogP contribution is -2.05. The van der Waals surface area contributed by atoms with E-state index < -0.39 is 11.7 Å². The SMILES string of the molecule is FC(F)(F)c1ccc(-n2cc(-c3ccccc3)c(CBr)n2)cc1. The van der Waals surface area contributed by atoms with Crippen LogP contribution in [0.5, 0.6) is 0 Å². The average molecular weight is 381 g/mol. The molecule has 1 aromatic heterocycles. The molecule has 0 spiro atoms. The number of hydrogen-bond acceptors (Lipinski definition) is 1. The van der Waals surface area contributed by atoms with Gasteiger partial charge in [0, 0.05) is 17.1 Å². The van der Waals surface area contributed by atoms with Crippen molar-refractivity contribution in [2.45, 2.75) is 11.5 Å². The van der Waals surface area contributed by atoms with Crippen molar-refractivity contribution in [3.05, 3.63) is 72.1 Å². The first-order chi connectivity index (χ1) is 11.0. The Hall–Kier alpha value is -2.08. The van der Waals surface area contributed by atoms with E-state index in [9.17, 15) is 13.2 Å². The van der Waals surface area contributed by atoms with Gasteiger partial charge in [-0.2, -0.15) is 18.3 Å². The highest BCUT2D eigenvalue weighted by Gasteiger charge is 2.30. The van der Waals surface area contributed by atoms with E-state index in [-0.39, 0.29) is 0 Å². The van der Waals surface area contributed by atoms with Crippen LogP contribution in [0, 0.1) is 0 Å². The Balaban J connectivity index is 2.00. The number of hydrogen-bond donors (Lipinski definition) is 0. The zero-order valence-corrected chi connectivity index (χ0v) is 13.5. The van der Waals surface area contributed by atoms with Crippen molar-refractivity contribution in [3.8, 4) is 16.8 Å². The molecular weight excluding hydrogens is 369 g/mol. The first kappa shape index (κ1) is 15.8. The number of aromatic nitrogens is 2. The van der Waals surface area contributed by atoms with Crippen LogP contribution < -0.4 is 0 Å². The Bertz CT molecular complexity index is 793. The summed E-state index contributed by atoms with van der Waals surface area (Å²) in [4.78, 5) is 0. The second-order valence-electron chi connectivity index (χ2n) is 4.98. The van der Waals surface area contributed by atoms with E-state index in [4.69, 9.17) is 0 Å². The number of nitrogens with zero attached hydrogens (tertiary/aromatic N) is 2. The maximum atomic E-state index is 12.6. The third-order valence-electron chi connectivity index (χ3n) is 3.46. The quantitative estimate of drug-likeness (QED) is 0.552. The Morgan fingerprint density at radius 2 is 1.61 bits per heavy atom. The molecule has 0 fully saturated rings. The summed E-state index contributed by atoms with van der Waals surface area (Å²) in [6, 6.07) is 14.7. The van der Waals surface area contributed by atoms with Gasteiger partial charge in [-0.1, -0.05) is 46.3 Å². The molecule has 0 aliphatic rings. The Morgan fingerprint density at radius 3 is 2.17 bits per heavy atom. The largest absolute Gasteiger partial charge is 0.416 e. The maximum absolute atomic E-state index is 12.6. The lowest BCUT2D eigenvalue weighted by molar-refractivity contribution is -0.137. The van der Waals surface area contributed by atoms with Gasteiger partial charge in [0.05, 0.1) is 16.9 Å². The highest BCUT2D eigenvalue weighted by Crippen LogP contribution is 2.30. The van der Waals surface area contributed by atoms with Crippen molar-refractivity contribution in [2.75, 3.05) is 0 Å². The van der Waals surface area contributed by atoms with Crippen LogP contribution in [0.4, 0.5) is 13.2 Å². The minimum absolute atomic E-state index is 0.560. The molecule has 0 radical (unpaired) electrons. The molecule has 0 aliphatic carbocycles. The van der Waals surface area contributed by atoms with Crippen LogP contribution in [0.3, 0.4) is 0 Å². The first-order valence-electron chi connectivity index (χ1n) is 6.86. The van der Waals surface area contributed by atoms with Gasteiger partial charge in [0.2, 0.25) is 0 Å². The van der Waals surface area contributed by atoms with E-state index >= 15 is 0 Å². The monoisotopic (exact) mass is 380 g/mol. The smallest absolute Gasteiger partial charge is 0.240 e. The highest BCUT2D eigenvalue weighted by atomic mass is 79.9. The fraction of sp³-hybridized carbons (Fsp3) is 0.118. The van der Waals surface area contributed by atoms with Gasteiger partial charge in [0.25, 0.3) is 0 Å². The lowest BCUT2D eigenvalue weighted by atomic mass is 10.1. The van der Waals surface area contributed by atoms with E-state index in [0.717, 1.165) is 29.0 Å². The first-order valence-corrected chi connectivity index (χ1v) is 7.99. The van der Waals surface area contributed by atoms with E-state index in [1.165, 1.54) is 12.1 Å². The zero-order chi connectivity index (χ0) is 16.4. The molecule has 2 nitrogen and oxygen atoms in total. The van der Waals surface area contributed by atoms with E-state index in [1.54, 1.807) is 4.68 Å². The number of halogens is 4. The van der Waals surface area contributed by atoms with Crippen molar-refractivity contribution in [3.63, 3.8) is 0 Å². The predicted octanol–water partition coefficient (Wildman–Crippen LogP) is 5.45. The second-order valence-corrected chi connectivity index (χ2v) is 5.54. The van der Waals surface area contributed by atoms with Gasteiger partial charge in [0.15, 0.2) is 0 Å². The molecular formula is C17H12BrF3N2. The van der Waals surface area contributed by atoms with Crippen molar-refractivity contribution in [2.24, 2.45) is 0 Å². The van der Waals surface area contributed by atoms with Crippen LogP contribution in [-0.2, 0) is 11.5 Å². The minimum Gasteiger partial charge on any atom is -0.240 e. The number of benzene rings is 2. The molecule has 0 N–H and O–H groups in total. The maximum Gasteiger partial charge on any atom is 0.416 e. The third kappa shape index (κ3) is 3.32. The van der Waals surface area contributed by atoms with Gasteiger partial charge in [-0.15, -0.1) is 0 Å². The summed E-state index contributed by atoms with van der Waals surface area (Å²) < 4.78 is 39.5. The van der Waals surface area contributed by atoms with Crippen molar-refractivity contribution in [1.82, 2.24) is 9.78 Å². The Kier molecular flexibility index (Phi) is 4.26. The Labute approximate surface area is 139 Å². The molecule has 3 aromatic rings. The molecule has 6 heteroatoms. The van der Waals surface area contributed by atoms with Crippen LogP contribution in [0.15, 0.2) is 60.8 Å². The predicted molar refractivity (Wildman–Crippen MR) is 86.6 cm³/mol. The van der Waals surface area contributed by atoms with Gasteiger partial charge in [-0.05, 0) is 29.8 Å². The summed E-state index contributed by atoms with van der Waals surface area (Å²) >= 11 is 3.40. The Morgan fingerprint density at radius 1 is 0.957 bits per heavy atom.